The maximum atomic E-state index is 13.8. The van der Waals surface area contributed by atoms with Gasteiger partial charge < -0.3 is 14.1 Å². The van der Waals surface area contributed by atoms with E-state index < -0.39 is 21.1 Å². The Labute approximate surface area is 192 Å². The van der Waals surface area contributed by atoms with E-state index in [9.17, 15) is 4.39 Å². The van der Waals surface area contributed by atoms with Gasteiger partial charge in [-0.3, -0.25) is 0 Å². The van der Waals surface area contributed by atoms with Crippen LogP contribution in [0, 0.1) is 0 Å². The lowest BCUT2D eigenvalue weighted by atomic mass is 10.1. The monoisotopic (exact) mass is 454 g/mol. The van der Waals surface area contributed by atoms with Crippen molar-refractivity contribution in [2.24, 2.45) is 0 Å². The van der Waals surface area contributed by atoms with Crippen molar-refractivity contribution < 1.29 is 13.6 Å². The zero-order valence-corrected chi connectivity index (χ0v) is 21.3. The zero-order valence-electron chi connectivity index (χ0n) is 20.3. The van der Waals surface area contributed by atoms with Crippen LogP contribution in [0.4, 0.5) is 10.1 Å². The second-order valence-corrected chi connectivity index (χ2v) is 14.7. The van der Waals surface area contributed by atoms with Gasteiger partial charge >= 0.3 is 0 Å². The third kappa shape index (κ3) is 5.48. The number of para-hydroxylation sites is 1. The molecule has 2 aromatic carbocycles. The first-order valence-electron chi connectivity index (χ1n) is 11.1. The molecular formula is C26H35FN2O2Si. The Balaban J connectivity index is 1.86. The quantitative estimate of drug-likeness (QED) is 0.354. The minimum atomic E-state index is -2.09. The van der Waals surface area contributed by atoms with E-state index in [2.05, 4.69) is 46.0 Å². The van der Waals surface area contributed by atoms with Crippen molar-refractivity contribution in [3.8, 4) is 17.0 Å². The molecule has 0 aliphatic heterocycles. The van der Waals surface area contributed by atoms with Gasteiger partial charge in [0.25, 0.3) is 0 Å². The van der Waals surface area contributed by atoms with Gasteiger partial charge in [-0.2, -0.15) is 0 Å². The fraction of sp³-hybridized carbons (Fsp3) is 0.423. The molecule has 1 atom stereocenters. The number of halogens is 1. The van der Waals surface area contributed by atoms with Crippen LogP contribution in [0.3, 0.4) is 0 Å². The van der Waals surface area contributed by atoms with Crippen molar-refractivity contribution in [2.45, 2.75) is 45.0 Å². The largest absolute Gasteiger partial charge is 0.489 e. The molecule has 6 heteroatoms. The Morgan fingerprint density at radius 1 is 1.03 bits per heavy atom. The van der Waals surface area contributed by atoms with Crippen LogP contribution in [0.25, 0.3) is 22.2 Å². The minimum absolute atomic E-state index is 0.0108. The van der Waals surface area contributed by atoms with E-state index in [1.807, 2.05) is 61.5 Å². The topological polar surface area (TPSA) is 34.6 Å². The first-order valence-corrected chi connectivity index (χ1v) is 14.0. The molecule has 0 spiro atoms. The minimum Gasteiger partial charge on any atom is -0.489 e. The van der Waals surface area contributed by atoms with Crippen LogP contribution in [-0.2, 0) is 4.43 Å². The van der Waals surface area contributed by atoms with Crippen molar-refractivity contribution in [3.05, 3.63) is 54.6 Å². The molecule has 1 unspecified atom stereocenters. The summed E-state index contributed by atoms with van der Waals surface area (Å²) in [4.78, 5) is 6.79. The highest BCUT2D eigenvalue weighted by molar-refractivity contribution is 6.74. The van der Waals surface area contributed by atoms with Crippen LogP contribution in [-0.4, -0.2) is 46.8 Å². The predicted molar refractivity (Wildman–Crippen MR) is 135 cm³/mol. The molecule has 0 radical (unpaired) electrons. The van der Waals surface area contributed by atoms with Gasteiger partial charge in [-0.25, -0.2) is 9.37 Å². The molecule has 0 aliphatic carbocycles. The van der Waals surface area contributed by atoms with Crippen LogP contribution in [0.5, 0.6) is 5.75 Å². The molecule has 0 saturated carbocycles. The van der Waals surface area contributed by atoms with Crippen LogP contribution in [0.2, 0.25) is 18.1 Å². The van der Waals surface area contributed by atoms with Crippen molar-refractivity contribution in [2.75, 3.05) is 32.3 Å². The van der Waals surface area contributed by atoms with Gasteiger partial charge in [0.1, 0.15) is 25.1 Å². The van der Waals surface area contributed by atoms with Crippen molar-refractivity contribution in [3.63, 3.8) is 0 Å². The third-order valence-electron chi connectivity index (χ3n) is 6.20. The number of fused-ring (bicyclic) bond motifs is 1. The Morgan fingerprint density at radius 2 is 1.75 bits per heavy atom. The molecule has 4 nitrogen and oxygen atoms in total. The molecule has 3 rings (SSSR count). The number of rotatable bonds is 8. The van der Waals surface area contributed by atoms with E-state index in [4.69, 9.17) is 14.1 Å². The Kier molecular flexibility index (Phi) is 7.25. The van der Waals surface area contributed by atoms with E-state index >= 15 is 0 Å². The van der Waals surface area contributed by atoms with Gasteiger partial charge in [0.2, 0.25) is 0 Å². The molecule has 1 aromatic heterocycles. The van der Waals surface area contributed by atoms with E-state index in [0.717, 1.165) is 27.8 Å². The van der Waals surface area contributed by atoms with Gasteiger partial charge in [-0.15, -0.1) is 0 Å². The second kappa shape index (κ2) is 9.59. The molecule has 0 amide bonds. The number of pyridine rings is 1. The van der Waals surface area contributed by atoms with E-state index in [1.165, 1.54) is 0 Å². The highest BCUT2D eigenvalue weighted by atomic mass is 28.4. The number of ether oxygens (including phenoxy) is 1. The maximum Gasteiger partial charge on any atom is 0.192 e. The number of anilines is 1. The number of nitrogens with zero attached hydrogens (tertiary/aromatic N) is 2. The Bertz CT molecular complexity index is 1060. The fourth-order valence-corrected chi connectivity index (χ4v) is 4.59. The first-order chi connectivity index (χ1) is 15.0. The van der Waals surface area contributed by atoms with Gasteiger partial charge in [0.15, 0.2) is 8.32 Å². The summed E-state index contributed by atoms with van der Waals surface area (Å²) >= 11 is 0. The lowest BCUT2D eigenvalue weighted by Crippen LogP contribution is -2.46. The van der Waals surface area contributed by atoms with Crippen LogP contribution < -0.4 is 9.64 Å². The molecule has 0 aliphatic rings. The highest BCUT2D eigenvalue weighted by Crippen LogP contribution is 2.38. The van der Waals surface area contributed by atoms with Gasteiger partial charge in [0.05, 0.1) is 16.9 Å². The van der Waals surface area contributed by atoms with Crippen molar-refractivity contribution >= 4 is 24.9 Å². The second-order valence-electron chi connectivity index (χ2n) is 9.93. The van der Waals surface area contributed by atoms with Crippen LogP contribution >= 0.6 is 0 Å². The summed E-state index contributed by atoms with van der Waals surface area (Å²) < 4.78 is 26.2. The zero-order chi connectivity index (χ0) is 23.5. The van der Waals surface area contributed by atoms with Crippen LogP contribution in [0.15, 0.2) is 54.6 Å². The highest BCUT2D eigenvalue weighted by Gasteiger charge is 2.39. The van der Waals surface area contributed by atoms with Crippen molar-refractivity contribution in [1.82, 2.24) is 4.98 Å². The van der Waals surface area contributed by atoms with Crippen molar-refractivity contribution in [1.29, 1.82) is 0 Å². The molecule has 0 N–H and O–H groups in total. The molecule has 0 saturated heterocycles. The number of benzene rings is 2. The van der Waals surface area contributed by atoms with Gasteiger partial charge in [-0.1, -0.05) is 51.1 Å². The first kappa shape index (κ1) is 24.2. The molecule has 0 bridgehead atoms. The average molecular weight is 455 g/mol. The lowest BCUT2D eigenvalue weighted by Gasteiger charge is -2.38. The van der Waals surface area contributed by atoms with Crippen LogP contribution in [0.1, 0.15) is 20.8 Å². The van der Waals surface area contributed by atoms with E-state index in [0.29, 0.717) is 5.75 Å². The molecule has 3 aromatic rings. The summed E-state index contributed by atoms with van der Waals surface area (Å²) in [6, 6.07) is 18.2. The number of alkyl halides is 1. The molecular weight excluding hydrogens is 419 g/mol. The fourth-order valence-electron chi connectivity index (χ4n) is 3.27. The Hall–Kier alpha value is -2.44. The van der Waals surface area contributed by atoms with E-state index in [-0.39, 0.29) is 11.6 Å². The summed E-state index contributed by atoms with van der Waals surface area (Å²) in [6.07, 6.45) is -0.589. The third-order valence-corrected chi connectivity index (χ3v) is 10.7. The Morgan fingerprint density at radius 3 is 2.41 bits per heavy atom. The number of hydrogen-bond acceptors (Lipinski definition) is 4. The molecule has 172 valence electrons. The predicted octanol–water partition coefficient (Wildman–Crippen LogP) is 6.71. The maximum absolute atomic E-state index is 13.8. The standard InChI is InChI=1S/C26H35FN2O2Si/c1-26(2,3)32(6,7)31-21(17-27)18-30-25-16-20(13-15-24(25)29(4)5)23-14-12-19-10-8-9-11-22(19)28-23/h8-16,21H,17-18H2,1-7H3. The lowest BCUT2D eigenvalue weighted by molar-refractivity contribution is 0.0922. The van der Waals surface area contributed by atoms with Gasteiger partial charge in [0, 0.05) is 25.0 Å². The molecule has 0 fully saturated rings. The average Bonchev–Trinajstić information content (AvgIpc) is 2.75. The number of aromatic nitrogens is 1. The summed E-state index contributed by atoms with van der Waals surface area (Å²) in [5.74, 6) is 0.694. The summed E-state index contributed by atoms with van der Waals surface area (Å²) in [5, 5.41) is 1.11. The smallest absolute Gasteiger partial charge is 0.192 e. The van der Waals surface area contributed by atoms with Gasteiger partial charge in [-0.05, 0) is 42.4 Å². The SMILES string of the molecule is CN(C)c1ccc(-c2ccc3ccccc3n2)cc1OCC(CF)O[Si](C)(C)C(C)(C)C. The summed E-state index contributed by atoms with van der Waals surface area (Å²) in [7, 11) is 1.84. The normalized spacial score (nSPS) is 13.2. The summed E-state index contributed by atoms with van der Waals surface area (Å²) in [6.45, 7) is 10.3. The van der Waals surface area contributed by atoms with E-state index in [1.54, 1.807) is 0 Å². The molecule has 32 heavy (non-hydrogen) atoms. The number of hydrogen-bond donors (Lipinski definition) is 0. The summed E-state index contributed by atoms with van der Waals surface area (Å²) in [5.41, 5.74) is 3.71. The molecule has 1 heterocycles.